The molecule has 2 aliphatic rings. The van der Waals surface area contributed by atoms with Crippen LogP contribution in [0.1, 0.15) is 91.2 Å². The van der Waals surface area contributed by atoms with Gasteiger partial charge in [-0.2, -0.15) is 0 Å². The van der Waals surface area contributed by atoms with Crippen molar-refractivity contribution in [3.63, 3.8) is 0 Å². The number of nitrogens with one attached hydrogen (secondary N) is 1. The van der Waals surface area contributed by atoms with E-state index in [9.17, 15) is 4.79 Å². The molecule has 1 aromatic heterocycles. The standard InChI is InChI=1S/C20H25N3O.C6H14O2.3C4H10O2.C2H4O.H2O/c1-4-23(5-2)20(24)14-9-16-15-7-6-8-17-19(15)13(11-21-17)10-18(16)22(3)12-14;1-2-3-5-8-6-4-7;1-4(6)2-3-5;1-2-4(6)3-5;5-3-1-2-4-6;1-2-3;/h6-9,11,14,18,21H,4-5,10,12H2,1-3H3;7H,2-6H2,1H3;2*4-6H,2-3H2,1H3;5-6H,1-4H2;2H,1H3;1H2/t14-,18-;;;;;;/m1....../s1. The lowest BCUT2D eigenvalue weighted by atomic mass is 9.79. The number of carbonyl (C=O) groups excluding carboxylic acids is 2. The molecule has 0 radical (unpaired) electrons. The molecular weight excluding hydrogens is 698 g/mol. The molecule has 0 fully saturated rings. The van der Waals surface area contributed by atoms with Crippen LogP contribution in [0.3, 0.4) is 0 Å². The molecule has 4 rings (SSSR count). The maximum absolute atomic E-state index is 12.9. The van der Waals surface area contributed by atoms with E-state index in [4.69, 9.17) is 45.3 Å². The van der Waals surface area contributed by atoms with Gasteiger partial charge in [0.25, 0.3) is 0 Å². The summed E-state index contributed by atoms with van der Waals surface area (Å²) in [5.41, 5.74) is 5.21. The summed E-state index contributed by atoms with van der Waals surface area (Å²) in [5, 5.41) is 58.7. The molecule has 4 atom stereocenters. The average Bonchev–Trinajstić information content (AvgIpc) is 3.58. The van der Waals surface area contributed by atoms with E-state index in [2.05, 4.69) is 68.2 Å². The van der Waals surface area contributed by atoms with Crippen LogP contribution in [0.2, 0.25) is 0 Å². The van der Waals surface area contributed by atoms with Crippen molar-refractivity contribution in [3.05, 3.63) is 41.6 Å². The highest BCUT2D eigenvalue weighted by Crippen LogP contribution is 2.40. The van der Waals surface area contributed by atoms with E-state index in [-0.39, 0.29) is 56.4 Å². The molecule has 0 bridgehead atoms. The van der Waals surface area contributed by atoms with Gasteiger partial charge in [-0.3, -0.25) is 9.69 Å². The number of carbonyl (C=O) groups is 2. The highest BCUT2D eigenvalue weighted by atomic mass is 16.5. The summed E-state index contributed by atoms with van der Waals surface area (Å²) >= 11 is 0. The van der Waals surface area contributed by atoms with E-state index in [1.807, 2.05) is 11.8 Å². The summed E-state index contributed by atoms with van der Waals surface area (Å²) in [6.45, 7) is 15.3. The fraction of sp³-hybridized carbons (Fsp3) is 0.700. The number of benzene rings is 1. The molecular formula is C40H75N3O11. The van der Waals surface area contributed by atoms with E-state index in [1.54, 1.807) is 6.92 Å². The third-order valence-corrected chi connectivity index (χ3v) is 8.33. The molecule has 2 aromatic rings. The van der Waals surface area contributed by atoms with Crippen LogP contribution in [0.25, 0.3) is 16.5 Å². The second-order valence-corrected chi connectivity index (χ2v) is 12.6. The van der Waals surface area contributed by atoms with Crippen molar-refractivity contribution in [1.29, 1.82) is 0 Å². The Balaban J connectivity index is -0.000000716. The van der Waals surface area contributed by atoms with Gasteiger partial charge in [0, 0.05) is 69.2 Å². The van der Waals surface area contributed by atoms with Crippen molar-refractivity contribution in [1.82, 2.24) is 14.8 Å². The first kappa shape index (κ1) is 55.6. The predicted molar refractivity (Wildman–Crippen MR) is 216 cm³/mol. The smallest absolute Gasteiger partial charge is 0.230 e. The number of aldehydes is 1. The highest BCUT2D eigenvalue weighted by Gasteiger charge is 2.36. The first-order valence-corrected chi connectivity index (χ1v) is 19.1. The molecule has 54 heavy (non-hydrogen) atoms. The number of aliphatic hydroxyl groups is 7. The number of aromatic amines is 1. The van der Waals surface area contributed by atoms with Crippen LogP contribution in [0, 0.1) is 5.92 Å². The van der Waals surface area contributed by atoms with E-state index in [0.29, 0.717) is 25.5 Å². The highest BCUT2D eigenvalue weighted by molar-refractivity contribution is 5.99. The number of aromatic nitrogens is 1. The third kappa shape index (κ3) is 22.6. The van der Waals surface area contributed by atoms with Crippen LogP contribution >= 0.6 is 0 Å². The van der Waals surface area contributed by atoms with Crippen LogP contribution in [0.5, 0.6) is 0 Å². The summed E-state index contributed by atoms with van der Waals surface area (Å²) in [7, 11) is 2.15. The summed E-state index contributed by atoms with van der Waals surface area (Å²) in [4.78, 5) is 29.4. The summed E-state index contributed by atoms with van der Waals surface area (Å²) < 4.78 is 4.97. The second-order valence-electron chi connectivity index (χ2n) is 12.6. The number of unbranched alkanes of at least 4 members (excludes halogenated alkanes) is 2. The number of likely N-dealkylation sites (N-methyl/N-ethyl adjacent to an activating group) is 1. The largest absolute Gasteiger partial charge is 0.412 e. The predicted octanol–water partition coefficient (Wildman–Crippen LogP) is 2.33. The van der Waals surface area contributed by atoms with Gasteiger partial charge < -0.3 is 60.6 Å². The van der Waals surface area contributed by atoms with Crippen LogP contribution in [0.15, 0.2) is 30.5 Å². The van der Waals surface area contributed by atoms with Gasteiger partial charge in [0.05, 0.1) is 37.9 Å². The Hall–Kier alpha value is -2.76. The fourth-order valence-corrected chi connectivity index (χ4v) is 5.33. The zero-order valence-electron chi connectivity index (χ0n) is 34.0. The van der Waals surface area contributed by atoms with E-state index < -0.39 is 6.10 Å². The summed E-state index contributed by atoms with van der Waals surface area (Å²) in [6, 6.07) is 6.82. The van der Waals surface area contributed by atoms with Gasteiger partial charge in [0.1, 0.15) is 6.29 Å². The summed E-state index contributed by atoms with van der Waals surface area (Å²) in [6.07, 6.45) is 10.1. The molecule has 0 saturated heterocycles. The molecule has 1 aliphatic carbocycles. The van der Waals surface area contributed by atoms with Crippen LogP contribution in [0.4, 0.5) is 0 Å². The van der Waals surface area contributed by atoms with Gasteiger partial charge in [-0.1, -0.05) is 38.5 Å². The van der Waals surface area contributed by atoms with Crippen LogP contribution in [-0.2, 0) is 20.7 Å². The molecule has 0 spiro atoms. The normalized spacial score (nSPS) is 16.1. The van der Waals surface area contributed by atoms with Crippen molar-refractivity contribution in [2.24, 2.45) is 5.92 Å². The lowest BCUT2D eigenvalue weighted by Gasteiger charge is -2.40. The number of hydrogen-bond donors (Lipinski definition) is 8. The number of aliphatic hydroxyl groups excluding tert-OH is 7. The Kier molecular flexibility index (Phi) is 37.0. The first-order chi connectivity index (χ1) is 25.5. The molecule has 1 aliphatic heterocycles. The molecule has 2 unspecified atom stereocenters. The SMILES string of the molecule is CC(O)CCO.CC=O.CCC(O)CO.CCCCOCCO.CCN(CC)C(=O)[C@@H]1C=C2c3cccc4[nH]cc(c34)C[C@H]2N(C)C1.O.OCCCCO. The molecule has 1 aromatic carbocycles. The van der Waals surface area contributed by atoms with Crippen molar-refractivity contribution in [2.75, 3.05) is 72.9 Å². The Bertz CT molecular complexity index is 1190. The minimum Gasteiger partial charge on any atom is -0.412 e. The fourth-order valence-electron chi connectivity index (χ4n) is 5.33. The van der Waals surface area contributed by atoms with Crippen molar-refractivity contribution in [2.45, 2.75) is 105 Å². The van der Waals surface area contributed by atoms with Crippen LogP contribution < -0.4 is 0 Å². The number of nitrogens with zero attached hydrogens (tertiary/aromatic N) is 2. The zero-order valence-corrected chi connectivity index (χ0v) is 34.0. The van der Waals surface area contributed by atoms with Gasteiger partial charge in [-0.05, 0) is 96.0 Å². The lowest BCUT2D eigenvalue weighted by Crippen LogP contribution is -2.47. The topological polar surface area (TPSA) is 239 Å². The van der Waals surface area contributed by atoms with Crippen molar-refractivity contribution in [3.8, 4) is 0 Å². The average molecular weight is 774 g/mol. The Morgan fingerprint density at radius 1 is 0.981 bits per heavy atom. The third-order valence-electron chi connectivity index (χ3n) is 8.33. The Morgan fingerprint density at radius 2 is 1.59 bits per heavy atom. The van der Waals surface area contributed by atoms with Gasteiger partial charge in [-0.15, -0.1) is 0 Å². The Labute approximate surface area is 323 Å². The molecule has 1 amide bonds. The molecule has 14 heteroatoms. The molecule has 10 N–H and O–H groups in total. The van der Waals surface area contributed by atoms with E-state index >= 15 is 0 Å². The number of hydrogen-bond acceptors (Lipinski definition) is 11. The second kappa shape index (κ2) is 35.9. The van der Waals surface area contributed by atoms with Gasteiger partial charge in [0.15, 0.2) is 0 Å². The number of rotatable bonds is 15. The van der Waals surface area contributed by atoms with Gasteiger partial charge in [-0.25, -0.2) is 0 Å². The number of fused-ring (bicyclic) bond motifs is 2. The Morgan fingerprint density at radius 3 is 2.02 bits per heavy atom. The zero-order chi connectivity index (χ0) is 40.6. The van der Waals surface area contributed by atoms with Crippen molar-refractivity contribution < 1.29 is 55.5 Å². The van der Waals surface area contributed by atoms with Crippen LogP contribution in [-0.4, -0.2) is 159 Å². The number of ether oxygens (including phenoxy) is 1. The number of amides is 1. The lowest BCUT2D eigenvalue weighted by molar-refractivity contribution is -0.134. The molecule has 0 saturated carbocycles. The van der Waals surface area contributed by atoms with Gasteiger partial charge >= 0.3 is 0 Å². The van der Waals surface area contributed by atoms with E-state index in [0.717, 1.165) is 64.6 Å². The minimum absolute atomic E-state index is 0. The van der Waals surface area contributed by atoms with E-state index in [1.165, 1.54) is 34.5 Å². The monoisotopic (exact) mass is 774 g/mol. The number of H-pyrrole nitrogens is 1. The van der Waals surface area contributed by atoms with Crippen molar-refractivity contribution >= 4 is 28.7 Å². The van der Waals surface area contributed by atoms with Gasteiger partial charge in [0.2, 0.25) is 5.91 Å². The molecule has 316 valence electrons. The molecule has 2 heterocycles. The molecule has 14 nitrogen and oxygen atoms in total. The maximum atomic E-state index is 12.9. The maximum Gasteiger partial charge on any atom is 0.230 e. The minimum atomic E-state index is -0.509. The first-order valence-electron chi connectivity index (χ1n) is 19.1. The quantitative estimate of drug-likeness (QED) is 0.0966. The summed E-state index contributed by atoms with van der Waals surface area (Å²) in [5.74, 6) is 0.210.